The number of unbranched alkanes of at least 4 members (excludes halogenated alkanes) is 1. The molecule has 2 atom stereocenters. The Hall–Kier alpha value is -1.10. The van der Waals surface area contributed by atoms with Gasteiger partial charge in [0.25, 0.3) is 0 Å². The number of amides is 2. The highest BCUT2D eigenvalue weighted by molar-refractivity contribution is 5.81. The highest BCUT2D eigenvalue weighted by Gasteiger charge is 2.38. The van der Waals surface area contributed by atoms with E-state index < -0.39 is 0 Å². The van der Waals surface area contributed by atoms with E-state index in [1.807, 2.05) is 4.90 Å². The summed E-state index contributed by atoms with van der Waals surface area (Å²) >= 11 is 0. The zero-order chi connectivity index (χ0) is 18.3. The third kappa shape index (κ3) is 5.44. The van der Waals surface area contributed by atoms with Gasteiger partial charge in [-0.3, -0.25) is 9.59 Å². The number of nitrogens with one attached hydrogen (secondary N) is 1. The monoisotopic (exact) mass is 351 g/mol. The highest BCUT2D eigenvalue weighted by atomic mass is 16.2. The molecule has 2 fully saturated rings. The second-order valence-electron chi connectivity index (χ2n) is 8.26. The van der Waals surface area contributed by atoms with Crippen molar-refractivity contribution in [2.45, 2.75) is 84.1 Å². The first-order valence-electron chi connectivity index (χ1n) is 10.3. The molecule has 1 aliphatic heterocycles. The van der Waals surface area contributed by atoms with E-state index in [2.05, 4.69) is 19.2 Å². The Morgan fingerprint density at radius 2 is 1.92 bits per heavy atom. The lowest BCUT2D eigenvalue weighted by Crippen LogP contribution is -2.51. The van der Waals surface area contributed by atoms with Gasteiger partial charge in [-0.25, -0.2) is 0 Å². The Balaban J connectivity index is 1.93. The summed E-state index contributed by atoms with van der Waals surface area (Å²) in [4.78, 5) is 27.4. The van der Waals surface area contributed by atoms with E-state index >= 15 is 0 Å². The molecule has 0 aromatic heterocycles. The first kappa shape index (κ1) is 20.2. The van der Waals surface area contributed by atoms with Crippen molar-refractivity contribution in [2.24, 2.45) is 17.1 Å². The van der Waals surface area contributed by atoms with Crippen LogP contribution in [0.2, 0.25) is 0 Å². The van der Waals surface area contributed by atoms with Gasteiger partial charge < -0.3 is 16.0 Å². The molecule has 2 aliphatic rings. The molecular formula is C20H37N3O2. The molecule has 1 saturated heterocycles. The molecule has 25 heavy (non-hydrogen) atoms. The van der Waals surface area contributed by atoms with Gasteiger partial charge in [0.05, 0.1) is 5.92 Å². The van der Waals surface area contributed by atoms with Gasteiger partial charge in [0.2, 0.25) is 11.8 Å². The second-order valence-corrected chi connectivity index (χ2v) is 8.26. The molecule has 144 valence electrons. The molecule has 2 rings (SSSR count). The fourth-order valence-corrected chi connectivity index (χ4v) is 4.38. The van der Waals surface area contributed by atoms with Crippen LogP contribution in [0.3, 0.4) is 0 Å². The molecule has 1 saturated carbocycles. The van der Waals surface area contributed by atoms with E-state index in [1.165, 1.54) is 19.3 Å². The van der Waals surface area contributed by atoms with Crippen molar-refractivity contribution in [3.63, 3.8) is 0 Å². The van der Waals surface area contributed by atoms with Gasteiger partial charge in [0.15, 0.2) is 0 Å². The summed E-state index contributed by atoms with van der Waals surface area (Å²) in [5.74, 6) is 0.257. The first-order valence-corrected chi connectivity index (χ1v) is 10.3. The molecule has 1 heterocycles. The fourth-order valence-electron chi connectivity index (χ4n) is 4.38. The zero-order valence-corrected chi connectivity index (χ0v) is 16.2. The second kappa shape index (κ2) is 9.56. The summed E-state index contributed by atoms with van der Waals surface area (Å²) in [6.07, 6.45) is 10.2. The van der Waals surface area contributed by atoms with E-state index in [-0.39, 0.29) is 29.2 Å². The van der Waals surface area contributed by atoms with Gasteiger partial charge in [-0.2, -0.15) is 0 Å². The summed E-state index contributed by atoms with van der Waals surface area (Å²) in [7, 11) is 0. The van der Waals surface area contributed by atoms with Crippen LogP contribution in [-0.2, 0) is 9.59 Å². The number of piperidine rings is 1. The lowest BCUT2D eigenvalue weighted by atomic mass is 9.71. The molecule has 2 amide bonds. The number of hydrogen-bond donors (Lipinski definition) is 2. The minimum Gasteiger partial charge on any atom is -0.356 e. The van der Waals surface area contributed by atoms with Crippen molar-refractivity contribution in [3.8, 4) is 0 Å². The van der Waals surface area contributed by atoms with Crippen LogP contribution in [0.25, 0.3) is 0 Å². The minimum atomic E-state index is -0.0582. The van der Waals surface area contributed by atoms with Crippen molar-refractivity contribution in [2.75, 3.05) is 19.6 Å². The van der Waals surface area contributed by atoms with Crippen molar-refractivity contribution >= 4 is 11.8 Å². The van der Waals surface area contributed by atoms with Crippen molar-refractivity contribution in [1.82, 2.24) is 10.2 Å². The molecule has 5 nitrogen and oxygen atoms in total. The number of carbonyl (C=O) groups excluding carboxylic acids is 2. The van der Waals surface area contributed by atoms with Gasteiger partial charge >= 0.3 is 0 Å². The van der Waals surface area contributed by atoms with E-state index in [0.717, 1.165) is 45.1 Å². The third-order valence-electron chi connectivity index (χ3n) is 6.28. The van der Waals surface area contributed by atoms with Gasteiger partial charge in [-0.05, 0) is 51.0 Å². The molecule has 0 aromatic carbocycles. The number of rotatable bonds is 7. The van der Waals surface area contributed by atoms with E-state index in [4.69, 9.17) is 5.73 Å². The highest BCUT2D eigenvalue weighted by Crippen LogP contribution is 2.39. The van der Waals surface area contributed by atoms with Crippen LogP contribution in [-0.4, -0.2) is 42.4 Å². The van der Waals surface area contributed by atoms with Gasteiger partial charge in [-0.15, -0.1) is 0 Å². The van der Waals surface area contributed by atoms with Crippen molar-refractivity contribution in [1.29, 1.82) is 0 Å². The van der Waals surface area contributed by atoms with Gasteiger partial charge in [0, 0.05) is 25.6 Å². The molecular weight excluding hydrogens is 314 g/mol. The Morgan fingerprint density at radius 1 is 1.20 bits per heavy atom. The SMILES string of the molecule is CCCCNC(=O)C1CCC(C)N(C(=O)CC2(CN)CCCCC2)C1. The normalized spacial score (nSPS) is 26.3. The maximum absolute atomic E-state index is 13.0. The summed E-state index contributed by atoms with van der Waals surface area (Å²) in [5.41, 5.74) is 6.05. The average Bonchev–Trinajstić information content (AvgIpc) is 2.62. The molecule has 5 heteroatoms. The van der Waals surface area contributed by atoms with Crippen LogP contribution < -0.4 is 11.1 Å². The number of nitrogens with zero attached hydrogens (tertiary/aromatic N) is 1. The lowest BCUT2D eigenvalue weighted by Gasteiger charge is -2.41. The predicted molar refractivity (Wildman–Crippen MR) is 101 cm³/mol. The first-order chi connectivity index (χ1) is 12.0. The smallest absolute Gasteiger partial charge is 0.224 e. The minimum absolute atomic E-state index is 0.00855. The summed E-state index contributed by atoms with van der Waals surface area (Å²) in [6, 6.07) is 0.227. The zero-order valence-electron chi connectivity index (χ0n) is 16.2. The fraction of sp³-hybridized carbons (Fsp3) is 0.900. The van der Waals surface area contributed by atoms with Crippen LogP contribution >= 0.6 is 0 Å². The molecule has 3 N–H and O–H groups in total. The molecule has 2 unspecified atom stereocenters. The third-order valence-corrected chi connectivity index (χ3v) is 6.28. The maximum Gasteiger partial charge on any atom is 0.224 e. The Labute approximate surface area is 153 Å². The molecule has 0 bridgehead atoms. The summed E-state index contributed by atoms with van der Waals surface area (Å²) in [5, 5.41) is 3.03. The molecule has 0 radical (unpaired) electrons. The molecule has 1 aliphatic carbocycles. The Bertz CT molecular complexity index is 446. The molecule has 0 aromatic rings. The predicted octanol–water partition coefficient (Wildman–Crippen LogP) is 2.83. The van der Waals surface area contributed by atoms with Crippen molar-refractivity contribution in [3.05, 3.63) is 0 Å². The van der Waals surface area contributed by atoms with Crippen LogP contribution in [0.5, 0.6) is 0 Å². The number of carbonyl (C=O) groups is 2. The average molecular weight is 352 g/mol. The largest absolute Gasteiger partial charge is 0.356 e. The number of hydrogen-bond acceptors (Lipinski definition) is 3. The number of nitrogens with two attached hydrogens (primary N) is 1. The summed E-state index contributed by atoms with van der Waals surface area (Å²) < 4.78 is 0. The maximum atomic E-state index is 13.0. The van der Waals surface area contributed by atoms with Crippen molar-refractivity contribution < 1.29 is 9.59 Å². The van der Waals surface area contributed by atoms with Crippen LogP contribution in [0.15, 0.2) is 0 Å². The van der Waals surface area contributed by atoms with Gasteiger partial charge in [-0.1, -0.05) is 32.6 Å². The van der Waals surface area contributed by atoms with Gasteiger partial charge in [0.1, 0.15) is 0 Å². The van der Waals surface area contributed by atoms with Crippen LogP contribution in [0.4, 0.5) is 0 Å². The lowest BCUT2D eigenvalue weighted by molar-refractivity contribution is -0.140. The molecule has 0 spiro atoms. The number of likely N-dealkylation sites (tertiary alicyclic amines) is 1. The Kier molecular flexibility index (Phi) is 7.73. The standard InChI is InChI=1S/C20H37N3O2/c1-3-4-12-22-19(25)17-9-8-16(2)23(14-17)18(24)13-20(15-21)10-6-5-7-11-20/h16-17H,3-15,21H2,1-2H3,(H,22,25). The summed E-state index contributed by atoms with van der Waals surface area (Å²) in [6.45, 7) is 6.14. The van der Waals surface area contributed by atoms with Crippen LogP contribution in [0.1, 0.15) is 78.1 Å². The van der Waals surface area contributed by atoms with Crippen LogP contribution in [0, 0.1) is 11.3 Å². The quantitative estimate of drug-likeness (QED) is 0.693. The van der Waals surface area contributed by atoms with E-state index in [1.54, 1.807) is 0 Å². The topological polar surface area (TPSA) is 75.4 Å². The van der Waals surface area contributed by atoms with E-state index in [9.17, 15) is 9.59 Å². The Morgan fingerprint density at radius 3 is 2.56 bits per heavy atom. The van der Waals surface area contributed by atoms with E-state index in [0.29, 0.717) is 19.5 Å².